The van der Waals surface area contributed by atoms with Crippen molar-refractivity contribution in [3.8, 4) is 0 Å². The van der Waals surface area contributed by atoms with Gasteiger partial charge in [0.15, 0.2) is 0 Å². The first kappa shape index (κ1) is 28.3. The summed E-state index contributed by atoms with van der Waals surface area (Å²) in [7, 11) is 0. The van der Waals surface area contributed by atoms with Gasteiger partial charge in [-0.2, -0.15) is 4.98 Å². The van der Waals surface area contributed by atoms with Crippen LogP contribution in [0, 0.1) is 5.92 Å². The number of rotatable bonds is 6. The Bertz CT molecular complexity index is 1090. The number of aromatic nitrogens is 2. The highest BCUT2D eigenvalue weighted by Crippen LogP contribution is 2.26. The quantitative estimate of drug-likeness (QED) is 0.475. The Morgan fingerprint density at radius 1 is 1.08 bits per heavy atom. The molecule has 1 aromatic carbocycles. The molecule has 1 aliphatic carbocycles. The third-order valence-electron chi connectivity index (χ3n) is 6.99. The van der Waals surface area contributed by atoms with Gasteiger partial charge in [0.1, 0.15) is 11.4 Å². The van der Waals surface area contributed by atoms with E-state index in [0.29, 0.717) is 37.0 Å². The van der Waals surface area contributed by atoms with Crippen LogP contribution < -0.4 is 10.2 Å². The van der Waals surface area contributed by atoms with Crippen LogP contribution in [-0.2, 0) is 4.74 Å². The predicted octanol–water partition coefficient (Wildman–Crippen LogP) is 5.25. The van der Waals surface area contributed by atoms with Crippen molar-refractivity contribution < 1.29 is 19.4 Å². The minimum absolute atomic E-state index is 0.127. The minimum Gasteiger partial charge on any atom is -0.444 e. The summed E-state index contributed by atoms with van der Waals surface area (Å²) < 4.78 is 6.43. The summed E-state index contributed by atoms with van der Waals surface area (Å²) in [5, 5.41) is 13.2. The van der Waals surface area contributed by atoms with Crippen LogP contribution in [0.2, 0.25) is 0 Å². The highest BCUT2D eigenvalue weighted by Gasteiger charge is 2.30. The molecule has 0 bridgehead atoms. The first-order valence-corrected chi connectivity index (χ1v) is 14.2. The number of ether oxygens (including phenoxy) is 1. The number of amides is 2. The maximum absolute atomic E-state index is 13.7. The van der Waals surface area contributed by atoms with Crippen molar-refractivity contribution in [3.63, 3.8) is 0 Å². The van der Waals surface area contributed by atoms with Gasteiger partial charge in [0, 0.05) is 41.9 Å². The highest BCUT2D eigenvalue weighted by molar-refractivity contribution is 9.10. The maximum Gasteiger partial charge on any atom is 0.410 e. The Balaban J connectivity index is 1.48. The lowest BCUT2D eigenvalue weighted by Gasteiger charge is -2.35. The second-order valence-electron chi connectivity index (χ2n) is 11.2. The van der Waals surface area contributed by atoms with E-state index < -0.39 is 5.60 Å². The van der Waals surface area contributed by atoms with Gasteiger partial charge in [0.2, 0.25) is 5.95 Å². The van der Waals surface area contributed by atoms with Crippen LogP contribution in [0.5, 0.6) is 0 Å². The molecule has 0 unspecified atom stereocenters. The molecule has 2 N–H and O–H groups in total. The van der Waals surface area contributed by atoms with Crippen molar-refractivity contribution in [1.82, 2.24) is 14.9 Å². The number of halogens is 1. The number of carbonyl (C=O) groups is 2. The summed E-state index contributed by atoms with van der Waals surface area (Å²) in [5.74, 6) is 1.11. The van der Waals surface area contributed by atoms with Crippen LogP contribution >= 0.6 is 15.9 Å². The van der Waals surface area contributed by atoms with Crippen LogP contribution in [0.1, 0.15) is 69.7 Å². The SMILES string of the molecule is CC(C)(C)OC(=O)N1CCC(CN(C(=O)c2ccc(Br)cc2)c2ccnc(NC3CCC(O)CC3)n2)CC1. The molecule has 2 aliphatic rings. The van der Waals surface area contributed by atoms with E-state index in [9.17, 15) is 14.7 Å². The lowest BCUT2D eigenvalue weighted by Crippen LogP contribution is -2.45. The number of nitrogens with one attached hydrogen (secondary N) is 1. The average molecular weight is 589 g/mol. The molecule has 1 aromatic heterocycles. The van der Waals surface area contributed by atoms with Crippen LogP contribution in [0.4, 0.5) is 16.6 Å². The Morgan fingerprint density at radius 2 is 1.74 bits per heavy atom. The minimum atomic E-state index is -0.530. The third kappa shape index (κ3) is 7.89. The number of aliphatic hydroxyl groups excluding tert-OH is 1. The van der Waals surface area contributed by atoms with Gasteiger partial charge in [-0.1, -0.05) is 15.9 Å². The topological polar surface area (TPSA) is 108 Å². The molecule has 1 saturated heterocycles. The van der Waals surface area contributed by atoms with Crippen molar-refractivity contribution in [2.45, 2.75) is 77.0 Å². The Morgan fingerprint density at radius 3 is 2.37 bits per heavy atom. The number of hydrogen-bond acceptors (Lipinski definition) is 7. The Labute approximate surface area is 233 Å². The van der Waals surface area contributed by atoms with Gasteiger partial charge in [-0.25, -0.2) is 9.78 Å². The van der Waals surface area contributed by atoms with Crippen molar-refractivity contribution in [2.24, 2.45) is 5.92 Å². The molecule has 2 aromatic rings. The van der Waals surface area contributed by atoms with Gasteiger partial charge < -0.3 is 20.1 Å². The molecule has 1 aliphatic heterocycles. The Hall–Kier alpha value is -2.72. The number of carbonyl (C=O) groups excluding carboxylic acids is 2. The number of aliphatic hydroxyl groups is 1. The first-order chi connectivity index (χ1) is 18.1. The van der Waals surface area contributed by atoms with E-state index in [1.807, 2.05) is 32.9 Å². The van der Waals surface area contributed by atoms with E-state index in [1.54, 1.807) is 34.2 Å². The number of benzene rings is 1. The van der Waals surface area contributed by atoms with E-state index in [0.717, 1.165) is 43.0 Å². The maximum atomic E-state index is 13.7. The first-order valence-electron chi connectivity index (χ1n) is 13.4. The van der Waals surface area contributed by atoms with E-state index in [1.165, 1.54) is 0 Å². The van der Waals surface area contributed by atoms with Crippen molar-refractivity contribution in [1.29, 1.82) is 0 Å². The highest BCUT2D eigenvalue weighted by atomic mass is 79.9. The van der Waals surface area contributed by atoms with E-state index in [2.05, 4.69) is 26.2 Å². The zero-order valence-electron chi connectivity index (χ0n) is 22.4. The molecular formula is C28H38BrN5O4. The number of piperidine rings is 1. The molecule has 0 atom stereocenters. The van der Waals surface area contributed by atoms with Gasteiger partial charge in [-0.15, -0.1) is 0 Å². The zero-order chi connectivity index (χ0) is 27.3. The van der Waals surface area contributed by atoms with Gasteiger partial charge in [0.25, 0.3) is 5.91 Å². The monoisotopic (exact) mass is 587 g/mol. The summed E-state index contributed by atoms with van der Waals surface area (Å²) in [6.07, 6.45) is 5.91. The second-order valence-corrected chi connectivity index (χ2v) is 12.1. The molecule has 1 saturated carbocycles. The fourth-order valence-corrected chi connectivity index (χ4v) is 5.15. The number of likely N-dealkylation sites (tertiary alicyclic amines) is 1. The molecule has 2 amide bonds. The van der Waals surface area contributed by atoms with Crippen LogP contribution in [-0.4, -0.2) is 69.4 Å². The van der Waals surface area contributed by atoms with Gasteiger partial charge in [0.05, 0.1) is 6.10 Å². The summed E-state index contributed by atoms with van der Waals surface area (Å²) in [4.78, 5) is 38.8. The molecule has 10 heteroatoms. The summed E-state index contributed by atoms with van der Waals surface area (Å²) in [6, 6.07) is 9.28. The number of nitrogens with zero attached hydrogens (tertiary/aromatic N) is 4. The number of anilines is 2. The van der Waals surface area contributed by atoms with Gasteiger partial charge in [-0.3, -0.25) is 9.69 Å². The normalized spacial score (nSPS) is 20.6. The smallest absolute Gasteiger partial charge is 0.410 e. The van der Waals surface area contributed by atoms with E-state index >= 15 is 0 Å². The fourth-order valence-electron chi connectivity index (χ4n) is 4.88. The van der Waals surface area contributed by atoms with Crippen LogP contribution in [0.25, 0.3) is 0 Å². The van der Waals surface area contributed by atoms with Gasteiger partial charge >= 0.3 is 6.09 Å². The molecule has 0 radical (unpaired) electrons. The predicted molar refractivity (Wildman–Crippen MR) is 150 cm³/mol. The lowest BCUT2D eigenvalue weighted by atomic mass is 9.93. The third-order valence-corrected chi connectivity index (χ3v) is 7.52. The van der Waals surface area contributed by atoms with Crippen molar-refractivity contribution in [3.05, 3.63) is 46.6 Å². The molecule has 0 spiro atoms. The molecule has 4 rings (SSSR count). The Kier molecular flexibility index (Phi) is 9.25. The molecule has 206 valence electrons. The average Bonchev–Trinajstić information content (AvgIpc) is 2.88. The van der Waals surface area contributed by atoms with Crippen LogP contribution in [0.3, 0.4) is 0 Å². The van der Waals surface area contributed by atoms with Gasteiger partial charge in [-0.05, 0) is 95.5 Å². The molecule has 38 heavy (non-hydrogen) atoms. The molecule has 2 fully saturated rings. The largest absolute Gasteiger partial charge is 0.444 e. The van der Waals surface area contributed by atoms with Crippen molar-refractivity contribution in [2.75, 3.05) is 29.9 Å². The number of hydrogen-bond donors (Lipinski definition) is 2. The molecule has 9 nitrogen and oxygen atoms in total. The molecule has 2 heterocycles. The zero-order valence-corrected chi connectivity index (χ0v) is 24.0. The standard InChI is InChI=1S/C28H38BrN5O4/c1-28(2,3)38-27(37)33-16-13-19(14-17-33)18-34(25(36)20-4-6-21(29)7-5-20)24-12-15-30-26(32-24)31-22-8-10-23(35)11-9-22/h4-7,12,15,19,22-23,35H,8-11,13-14,16-18H2,1-3H3,(H,30,31,32). The second kappa shape index (κ2) is 12.4. The fraction of sp³-hybridized carbons (Fsp3) is 0.571. The van der Waals surface area contributed by atoms with E-state index in [-0.39, 0.29) is 30.1 Å². The summed E-state index contributed by atoms with van der Waals surface area (Å²) >= 11 is 3.44. The van der Waals surface area contributed by atoms with Crippen molar-refractivity contribution >= 4 is 39.7 Å². The lowest BCUT2D eigenvalue weighted by molar-refractivity contribution is 0.0185. The summed E-state index contributed by atoms with van der Waals surface area (Å²) in [5.41, 5.74) is 0.0478. The summed E-state index contributed by atoms with van der Waals surface area (Å²) in [6.45, 7) is 7.26. The van der Waals surface area contributed by atoms with Crippen LogP contribution in [0.15, 0.2) is 41.0 Å². The molecular weight excluding hydrogens is 550 g/mol. The van der Waals surface area contributed by atoms with E-state index in [4.69, 9.17) is 9.72 Å².